The highest BCUT2D eigenvalue weighted by atomic mass is 32.1. The molecular formula is C32H28F2N2O6S. The fourth-order valence-corrected chi connectivity index (χ4v) is 5.84. The molecule has 0 aliphatic carbocycles. The van der Waals surface area contributed by atoms with E-state index < -0.39 is 23.6 Å². The zero-order valence-electron chi connectivity index (χ0n) is 23.9. The van der Waals surface area contributed by atoms with E-state index in [1.807, 2.05) is 0 Å². The van der Waals surface area contributed by atoms with Crippen molar-refractivity contribution in [3.8, 4) is 17.2 Å². The topological polar surface area (TPSA) is 88.4 Å². The smallest absolute Gasteiger partial charge is 0.338 e. The van der Waals surface area contributed by atoms with Crippen LogP contribution in [0.25, 0.3) is 6.08 Å². The summed E-state index contributed by atoms with van der Waals surface area (Å²) in [7, 11) is 3.06. The first kappa shape index (κ1) is 29.7. The molecule has 1 unspecified atom stereocenters. The Labute approximate surface area is 249 Å². The third kappa shape index (κ3) is 6.07. The normalized spacial score (nSPS) is 14.7. The summed E-state index contributed by atoms with van der Waals surface area (Å²) in [6, 6.07) is 14.7. The summed E-state index contributed by atoms with van der Waals surface area (Å²) in [5, 5.41) is 0. The number of thiazole rings is 1. The van der Waals surface area contributed by atoms with Crippen molar-refractivity contribution in [3.05, 3.63) is 120 Å². The van der Waals surface area contributed by atoms with Crippen molar-refractivity contribution < 1.29 is 32.5 Å². The van der Waals surface area contributed by atoms with Crippen molar-refractivity contribution in [3.63, 3.8) is 0 Å². The maximum Gasteiger partial charge on any atom is 0.338 e. The number of esters is 1. The zero-order valence-corrected chi connectivity index (χ0v) is 24.7. The summed E-state index contributed by atoms with van der Waals surface area (Å²) in [4.78, 5) is 32.0. The van der Waals surface area contributed by atoms with Gasteiger partial charge in [-0.2, -0.15) is 0 Å². The first-order valence-corrected chi connectivity index (χ1v) is 14.1. The Balaban J connectivity index is 1.57. The van der Waals surface area contributed by atoms with Crippen LogP contribution in [0.5, 0.6) is 17.2 Å². The van der Waals surface area contributed by atoms with Gasteiger partial charge in [0.05, 0.1) is 42.7 Å². The van der Waals surface area contributed by atoms with Gasteiger partial charge >= 0.3 is 5.97 Å². The first-order chi connectivity index (χ1) is 20.7. The molecule has 11 heteroatoms. The number of fused-ring (bicyclic) bond motifs is 1. The number of allylic oxidation sites excluding steroid dienone is 1. The number of hydrogen-bond donors (Lipinski definition) is 0. The van der Waals surface area contributed by atoms with Crippen molar-refractivity contribution in [2.75, 3.05) is 20.8 Å². The van der Waals surface area contributed by atoms with E-state index in [9.17, 15) is 18.4 Å². The van der Waals surface area contributed by atoms with E-state index in [2.05, 4.69) is 4.99 Å². The number of hydrogen-bond acceptors (Lipinski definition) is 8. The summed E-state index contributed by atoms with van der Waals surface area (Å²) < 4.78 is 51.0. The molecule has 3 aromatic carbocycles. The largest absolute Gasteiger partial charge is 0.497 e. The molecule has 0 saturated carbocycles. The van der Waals surface area contributed by atoms with Crippen LogP contribution in [0, 0.1) is 11.6 Å². The van der Waals surface area contributed by atoms with Crippen LogP contribution in [0.4, 0.5) is 8.78 Å². The number of halogens is 2. The van der Waals surface area contributed by atoms with Gasteiger partial charge in [-0.15, -0.1) is 0 Å². The Bertz CT molecular complexity index is 1900. The minimum atomic E-state index is -0.819. The van der Waals surface area contributed by atoms with E-state index in [0.717, 1.165) is 12.1 Å². The number of methoxy groups -OCH3 is 2. The average molecular weight is 607 g/mol. The molecule has 0 bridgehead atoms. The maximum absolute atomic E-state index is 14.1. The van der Waals surface area contributed by atoms with E-state index in [1.54, 1.807) is 69.5 Å². The van der Waals surface area contributed by atoms with Gasteiger partial charge in [0, 0.05) is 11.6 Å². The molecule has 8 nitrogen and oxygen atoms in total. The minimum absolute atomic E-state index is 0.0613. The molecule has 0 fully saturated rings. The maximum atomic E-state index is 14.1. The summed E-state index contributed by atoms with van der Waals surface area (Å²) in [6.07, 6.45) is 1.71. The van der Waals surface area contributed by atoms with Crippen molar-refractivity contribution in [1.82, 2.24) is 4.57 Å². The molecule has 0 radical (unpaired) electrons. The number of benzene rings is 3. The molecule has 1 aromatic heterocycles. The monoisotopic (exact) mass is 606 g/mol. The van der Waals surface area contributed by atoms with Crippen LogP contribution < -0.4 is 29.1 Å². The summed E-state index contributed by atoms with van der Waals surface area (Å²) >= 11 is 1.19. The molecule has 2 heterocycles. The predicted octanol–water partition coefficient (Wildman–Crippen LogP) is 4.67. The third-order valence-corrected chi connectivity index (χ3v) is 7.81. The van der Waals surface area contributed by atoms with Gasteiger partial charge in [-0.3, -0.25) is 9.36 Å². The van der Waals surface area contributed by atoms with Gasteiger partial charge < -0.3 is 18.9 Å². The Morgan fingerprint density at radius 2 is 1.77 bits per heavy atom. The molecule has 0 spiro atoms. The van der Waals surface area contributed by atoms with E-state index in [-0.39, 0.29) is 30.1 Å². The Morgan fingerprint density at radius 3 is 2.44 bits per heavy atom. The van der Waals surface area contributed by atoms with Crippen LogP contribution in [0.3, 0.4) is 0 Å². The number of carbonyl (C=O) groups excluding carboxylic acids is 1. The second-order valence-electron chi connectivity index (χ2n) is 9.51. The molecule has 1 aliphatic heterocycles. The fraction of sp³-hybridized carbons (Fsp3) is 0.219. The van der Waals surface area contributed by atoms with Crippen LogP contribution in [0.1, 0.15) is 36.6 Å². The Hall–Kier alpha value is -4.77. The van der Waals surface area contributed by atoms with Crippen molar-refractivity contribution in [1.29, 1.82) is 0 Å². The van der Waals surface area contributed by atoms with Gasteiger partial charge in [-0.1, -0.05) is 29.5 Å². The lowest BCUT2D eigenvalue weighted by atomic mass is 9.96. The zero-order chi connectivity index (χ0) is 30.7. The van der Waals surface area contributed by atoms with Crippen LogP contribution in [-0.2, 0) is 16.1 Å². The SMILES string of the molecule is CCOC(=O)C1=C(C)N=c2s/c(=C/c3ccc(OC)c(COc4ccc(F)cc4F)c3)c(=O)n2C1c1ccc(OC)cc1. The van der Waals surface area contributed by atoms with Gasteiger partial charge in [0.15, 0.2) is 16.4 Å². The van der Waals surface area contributed by atoms with Crippen molar-refractivity contribution >= 4 is 23.4 Å². The quantitative estimate of drug-likeness (QED) is 0.258. The number of ether oxygens (including phenoxy) is 4. The lowest BCUT2D eigenvalue weighted by Crippen LogP contribution is -2.39. The molecule has 5 rings (SSSR count). The standard InChI is InChI=1S/C32H28F2N2O6S/c1-5-41-31(38)28-18(2)35-32-36(29(28)20-7-10-23(39-3)11-8-20)30(37)27(43-32)15-19-6-12-25(40-4)21(14-19)17-42-26-13-9-22(33)16-24(26)34/h6-16,29H,5,17H2,1-4H3/b27-15+. The highest BCUT2D eigenvalue weighted by molar-refractivity contribution is 7.07. The molecule has 43 heavy (non-hydrogen) atoms. The third-order valence-electron chi connectivity index (χ3n) is 6.83. The van der Waals surface area contributed by atoms with Crippen LogP contribution in [0.2, 0.25) is 0 Å². The minimum Gasteiger partial charge on any atom is -0.497 e. The molecule has 1 atom stereocenters. The Morgan fingerprint density at radius 1 is 1.02 bits per heavy atom. The molecule has 1 aliphatic rings. The fourth-order valence-electron chi connectivity index (χ4n) is 4.79. The van der Waals surface area contributed by atoms with Gasteiger partial charge in [-0.25, -0.2) is 18.6 Å². The van der Waals surface area contributed by atoms with Gasteiger partial charge in [0.1, 0.15) is 23.9 Å². The number of carbonyl (C=O) groups is 1. The lowest BCUT2D eigenvalue weighted by Gasteiger charge is -2.24. The summed E-state index contributed by atoms with van der Waals surface area (Å²) in [5.74, 6) is -1.04. The molecule has 0 N–H and O–H groups in total. The van der Waals surface area contributed by atoms with E-state index >= 15 is 0 Å². The second-order valence-corrected chi connectivity index (χ2v) is 10.5. The highest BCUT2D eigenvalue weighted by Crippen LogP contribution is 2.32. The van der Waals surface area contributed by atoms with Crippen molar-refractivity contribution in [2.45, 2.75) is 26.5 Å². The molecular weight excluding hydrogens is 578 g/mol. The van der Waals surface area contributed by atoms with E-state index in [4.69, 9.17) is 18.9 Å². The summed E-state index contributed by atoms with van der Waals surface area (Å²) in [6.45, 7) is 3.55. The van der Waals surface area contributed by atoms with Gasteiger partial charge in [0.2, 0.25) is 0 Å². The number of nitrogens with zero attached hydrogens (tertiary/aromatic N) is 2. The summed E-state index contributed by atoms with van der Waals surface area (Å²) in [5.41, 5.74) is 2.35. The van der Waals surface area contributed by atoms with E-state index in [0.29, 0.717) is 43.2 Å². The highest BCUT2D eigenvalue weighted by Gasteiger charge is 2.33. The lowest BCUT2D eigenvalue weighted by molar-refractivity contribution is -0.139. The van der Waals surface area contributed by atoms with Gasteiger partial charge in [0.25, 0.3) is 5.56 Å². The van der Waals surface area contributed by atoms with Gasteiger partial charge in [-0.05, 0) is 67.4 Å². The first-order valence-electron chi connectivity index (χ1n) is 13.3. The number of rotatable bonds is 9. The van der Waals surface area contributed by atoms with Crippen LogP contribution in [-0.4, -0.2) is 31.4 Å². The second kappa shape index (κ2) is 12.6. The average Bonchev–Trinajstić information content (AvgIpc) is 3.30. The predicted molar refractivity (Wildman–Crippen MR) is 157 cm³/mol. The molecule has 222 valence electrons. The van der Waals surface area contributed by atoms with Crippen molar-refractivity contribution in [2.24, 2.45) is 4.99 Å². The molecule has 0 amide bonds. The van der Waals surface area contributed by atoms with E-state index in [1.165, 1.54) is 29.1 Å². The Kier molecular flexibility index (Phi) is 8.72. The van der Waals surface area contributed by atoms with Crippen LogP contribution in [0.15, 0.2) is 81.7 Å². The molecule has 4 aromatic rings. The number of aromatic nitrogens is 1. The molecule has 0 saturated heterocycles. The van der Waals surface area contributed by atoms with Crippen LogP contribution >= 0.6 is 11.3 Å².